The van der Waals surface area contributed by atoms with E-state index in [1.807, 2.05) is 0 Å². The fourth-order valence-corrected chi connectivity index (χ4v) is 0. The van der Waals surface area contributed by atoms with Gasteiger partial charge < -0.3 is 0 Å². The van der Waals surface area contributed by atoms with Crippen LogP contribution in [0.1, 0.15) is 7.43 Å². The largest absolute Gasteiger partial charge is 0 e. The molecule has 0 aliphatic heterocycles. The van der Waals surface area contributed by atoms with Gasteiger partial charge in [-0.05, 0) is 0 Å². The minimum absolute atomic E-state index is 0. The molecule has 0 aromatic carbocycles. The van der Waals surface area contributed by atoms with Crippen molar-refractivity contribution in [3.63, 3.8) is 0 Å². The zero-order chi connectivity index (χ0) is 2.71. The van der Waals surface area contributed by atoms with Crippen LogP contribution in [0.2, 0.25) is 0 Å². The van der Waals surface area contributed by atoms with E-state index in [0.717, 1.165) is 12.2 Å². The molecule has 0 heterocycles. The minimum Gasteiger partial charge on any atom is 0 e. The van der Waals surface area contributed by atoms with Gasteiger partial charge in [0.15, 0.2) is 0 Å². The Hall–Kier alpha value is 2.07. The Balaban J connectivity index is -0.0000000200. The second-order valence-electron chi connectivity index (χ2n) is 0.0632. The van der Waals surface area contributed by atoms with Crippen LogP contribution in [0.25, 0.3) is 0 Å². The molecule has 0 rings (SSSR count). The van der Waals surface area contributed by atoms with Crippen LogP contribution in [0.4, 0.5) is 0 Å². The van der Waals surface area contributed by atoms with Crippen LogP contribution < -0.4 is 0 Å². The molecular formula is CH4NiP2Ti. The van der Waals surface area contributed by atoms with Crippen LogP contribution in [-0.2, 0) is 33.9 Å². The first-order chi connectivity index (χ1) is 1.41. The van der Waals surface area contributed by atoms with Gasteiger partial charge in [0.25, 0.3) is 0 Å². The van der Waals surface area contributed by atoms with E-state index < -0.39 is 0 Å². The summed E-state index contributed by atoms with van der Waals surface area (Å²) in [6.45, 7) is 0. The van der Waals surface area contributed by atoms with E-state index in [2.05, 4.69) is 14.7 Å². The normalized spacial score (nSPS) is 2.80. The van der Waals surface area contributed by atoms with Gasteiger partial charge in [-0.3, -0.25) is 0 Å². The summed E-state index contributed by atoms with van der Waals surface area (Å²) in [6.07, 6.45) is 0. The van der Waals surface area contributed by atoms with Crippen molar-refractivity contribution in [3.8, 4) is 0 Å². The average molecular weight is 185 g/mol. The third kappa shape index (κ3) is 23.5. The summed E-state index contributed by atoms with van der Waals surface area (Å²) in [6, 6.07) is 0. The Morgan fingerprint density at radius 3 is 1.20 bits per heavy atom. The molecule has 5 heavy (non-hydrogen) atoms. The second-order valence-corrected chi connectivity index (χ2v) is 2.35. The zero-order valence-corrected chi connectivity index (χ0v) is 6.05. The van der Waals surface area contributed by atoms with E-state index in [9.17, 15) is 0 Å². The van der Waals surface area contributed by atoms with Crippen molar-refractivity contribution in [3.05, 3.63) is 0 Å². The van der Waals surface area contributed by atoms with Gasteiger partial charge in [-0.2, -0.15) is 0 Å². The van der Waals surface area contributed by atoms with Crippen LogP contribution in [0.3, 0.4) is 0 Å². The molecule has 0 radical (unpaired) electrons. The number of hydrogen-bond donors (Lipinski definition) is 0. The molecule has 0 amide bonds. The van der Waals surface area contributed by atoms with E-state index >= 15 is 0 Å². The third-order valence-corrected chi connectivity index (χ3v) is 0. The molecule has 0 aromatic heterocycles. The van der Waals surface area contributed by atoms with Crippen molar-refractivity contribution in [1.82, 2.24) is 0 Å². The molecular weight excluding hydrogens is 181 g/mol. The maximum absolute atomic E-state index is 3.59. The van der Waals surface area contributed by atoms with Crippen molar-refractivity contribution in [2.24, 2.45) is 0 Å². The van der Waals surface area contributed by atoms with Crippen molar-refractivity contribution in [2.45, 2.75) is 7.43 Å². The molecule has 0 aliphatic rings. The second kappa shape index (κ2) is 16.6. The molecule has 0 unspecified atom stereocenters. The molecule has 0 saturated carbocycles. The maximum atomic E-state index is 3.59. The van der Waals surface area contributed by atoms with E-state index in [4.69, 9.17) is 0 Å². The third-order valence-electron chi connectivity index (χ3n) is 0. The first-order valence-corrected chi connectivity index (χ1v) is 3.50. The van der Waals surface area contributed by atoms with E-state index in [1.165, 1.54) is 0 Å². The van der Waals surface area contributed by atoms with Crippen LogP contribution >= 0.6 is 14.7 Å². The molecule has 0 fully saturated rings. The molecule has 0 aliphatic carbocycles. The predicted octanol–water partition coefficient (Wildman–Crippen LogP) is 2.35. The fourth-order valence-electron chi connectivity index (χ4n) is 0. The molecule has 0 N–H and O–H groups in total. The van der Waals surface area contributed by atoms with E-state index in [0.29, 0.717) is 0 Å². The summed E-state index contributed by atoms with van der Waals surface area (Å²) in [4.78, 5) is 0. The van der Waals surface area contributed by atoms with Crippen molar-refractivity contribution >= 4 is 14.7 Å². The molecule has 0 nitrogen and oxygen atoms in total. The quantitative estimate of drug-likeness (QED) is 0.401. The molecule has 4 heteroatoms. The summed E-state index contributed by atoms with van der Waals surface area (Å²) in [7, 11) is 7.18. The Bertz CT molecular complexity index is 82.8. The fraction of sp³-hybridized carbons (Fsp3) is 1.00. The SMILES string of the molecule is C.[P]#[Ni]#[P].[Ti]. The topological polar surface area (TPSA) is 0 Å². The van der Waals surface area contributed by atoms with Gasteiger partial charge in [-0.25, -0.2) is 0 Å². The molecule has 0 aromatic rings. The van der Waals surface area contributed by atoms with Crippen LogP contribution in [-0.4, -0.2) is 0 Å². The van der Waals surface area contributed by atoms with Gasteiger partial charge in [0.1, 0.15) is 0 Å². The maximum Gasteiger partial charge on any atom is 0 e. The van der Waals surface area contributed by atoms with Gasteiger partial charge >= 0.3 is 26.9 Å². The Kier molecular flexibility index (Phi) is 52.1. The Morgan fingerprint density at radius 2 is 1.20 bits per heavy atom. The Morgan fingerprint density at radius 1 is 1.20 bits per heavy atom. The standard InChI is InChI=1S/CH4.Ni.2P.Ti/h1H4;;;;. The summed E-state index contributed by atoms with van der Waals surface area (Å²) in [5.41, 5.74) is 0. The molecule has 32 valence electrons. The Labute approximate surface area is 55.9 Å². The average Bonchev–Trinajstić information content (AvgIpc) is 0.918. The zero-order valence-electron chi connectivity index (χ0n) is 1.71. The molecule has 0 atom stereocenters. The van der Waals surface area contributed by atoms with Crippen LogP contribution in [0.5, 0.6) is 0 Å². The van der Waals surface area contributed by atoms with Gasteiger partial charge in [-0.1, -0.05) is 7.43 Å². The first-order valence-electron chi connectivity index (χ1n) is 0.283. The number of hydrogen-bond acceptors (Lipinski definition) is 0. The van der Waals surface area contributed by atoms with Gasteiger partial charge in [0.2, 0.25) is 0 Å². The molecule has 0 saturated heterocycles. The monoisotopic (exact) mass is 184 g/mol. The van der Waals surface area contributed by atoms with Crippen LogP contribution in [0.15, 0.2) is 0 Å². The minimum atomic E-state index is 0. The van der Waals surface area contributed by atoms with E-state index in [-0.39, 0.29) is 29.1 Å². The predicted molar refractivity (Wildman–Crippen MR) is 20.6 cm³/mol. The first kappa shape index (κ1) is 15.7. The molecule has 0 spiro atoms. The summed E-state index contributed by atoms with van der Waals surface area (Å²) in [5.74, 6) is 0. The van der Waals surface area contributed by atoms with Gasteiger partial charge in [0.05, 0.1) is 0 Å². The van der Waals surface area contributed by atoms with Crippen molar-refractivity contribution < 1.29 is 33.9 Å². The smallest absolute Gasteiger partial charge is 0 e. The summed E-state index contributed by atoms with van der Waals surface area (Å²) >= 11 is 1.01. The van der Waals surface area contributed by atoms with Crippen molar-refractivity contribution in [1.29, 1.82) is 0 Å². The van der Waals surface area contributed by atoms with Crippen LogP contribution in [0, 0.1) is 0 Å². The molecule has 0 bridgehead atoms. The number of rotatable bonds is 0. The van der Waals surface area contributed by atoms with Gasteiger partial charge in [-0.15, -0.1) is 0 Å². The van der Waals surface area contributed by atoms with Crippen molar-refractivity contribution in [2.75, 3.05) is 0 Å². The van der Waals surface area contributed by atoms with Gasteiger partial charge in [0, 0.05) is 21.7 Å². The summed E-state index contributed by atoms with van der Waals surface area (Å²) in [5, 5.41) is 0. The van der Waals surface area contributed by atoms with E-state index in [1.54, 1.807) is 0 Å². The summed E-state index contributed by atoms with van der Waals surface area (Å²) < 4.78 is 0.